The largest absolute Gasteiger partial charge is 0.478 e. The van der Waals surface area contributed by atoms with Gasteiger partial charge in [0.2, 0.25) is 0 Å². The smallest absolute Gasteiger partial charge is 0.337 e. The molecule has 0 atom stereocenters. The zero-order valence-electron chi connectivity index (χ0n) is 13.6. The zero-order chi connectivity index (χ0) is 17.2. The first-order valence-corrected chi connectivity index (χ1v) is 8.14. The first kappa shape index (κ1) is 15.5. The number of para-hydroxylation sites is 1. The molecule has 25 heavy (non-hydrogen) atoms. The van der Waals surface area contributed by atoms with Crippen LogP contribution < -0.4 is 4.90 Å². The normalized spacial score (nSPS) is 14.6. The van der Waals surface area contributed by atoms with Gasteiger partial charge in [-0.15, -0.1) is 0 Å². The zero-order valence-corrected chi connectivity index (χ0v) is 13.6. The summed E-state index contributed by atoms with van der Waals surface area (Å²) in [6.07, 6.45) is 1.67. The van der Waals surface area contributed by atoms with Crippen molar-refractivity contribution in [2.24, 2.45) is 0 Å². The Morgan fingerprint density at radius 3 is 2.72 bits per heavy atom. The van der Waals surface area contributed by atoms with Gasteiger partial charge in [-0.2, -0.15) is 0 Å². The van der Waals surface area contributed by atoms with Gasteiger partial charge in [-0.05, 0) is 18.2 Å². The van der Waals surface area contributed by atoms with Crippen LogP contribution in [-0.2, 0) is 4.74 Å². The maximum Gasteiger partial charge on any atom is 0.337 e. The lowest BCUT2D eigenvalue weighted by Gasteiger charge is -2.29. The van der Waals surface area contributed by atoms with E-state index in [4.69, 9.17) is 4.74 Å². The number of carboxylic acids is 1. The molecule has 126 valence electrons. The molecule has 0 spiro atoms. The molecule has 0 bridgehead atoms. The third kappa shape index (κ3) is 3.04. The van der Waals surface area contributed by atoms with Crippen molar-refractivity contribution in [2.75, 3.05) is 31.2 Å². The van der Waals surface area contributed by atoms with Gasteiger partial charge < -0.3 is 14.7 Å². The van der Waals surface area contributed by atoms with Crippen molar-refractivity contribution in [3.8, 4) is 11.4 Å². The number of rotatable bonds is 3. The summed E-state index contributed by atoms with van der Waals surface area (Å²) >= 11 is 0. The molecular weight excluding hydrogens is 318 g/mol. The van der Waals surface area contributed by atoms with Crippen LogP contribution in [0.3, 0.4) is 0 Å². The molecule has 2 heterocycles. The molecule has 6 nitrogen and oxygen atoms in total. The molecule has 0 aliphatic carbocycles. The summed E-state index contributed by atoms with van der Waals surface area (Å²) < 4.78 is 5.40. The lowest BCUT2D eigenvalue weighted by Crippen LogP contribution is -2.36. The number of carboxylic acid groups (broad SMARTS) is 1. The van der Waals surface area contributed by atoms with Crippen molar-refractivity contribution in [3.05, 3.63) is 54.2 Å². The van der Waals surface area contributed by atoms with Crippen molar-refractivity contribution in [3.63, 3.8) is 0 Å². The molecule has 1 aromatic heterocycles. The van der Waals surface area contributed by atoms with Crippen molar-refractivity contribution < 1.29 is 14.6 Å². The maximum absolute atomic E-state index is 11.4. The van der Waals surface area contributed by atoms with Crippen LogP contribution in [0.15, 0.2) is 48.7 Å². The average molecular weight is 335 g/mol. The van der Waals surface area contributed by atoms with Gasteiger partial charge in [-0.3, -0.25) is 0 Å². The number of anilines is 1. The molecule has 1 saturated heterocycles. The highest BCUT2D eigenvalue weighted by Crippen LogP contribution is 2.25. The molecule has 0 unspecified atom stereocenters. The molecular formula is C19H17N3O3. The minimum atomic E-state index is -0.989. The van der Waals surface area contributed by atoms with Gasteiger partial charge in [-0.1, -0.05) is 24.3 Å². The van der Waals surface area contributed by atoms with E-state index in [9.17, 15) is 9.90 Å². The van der Waals surface area contributed by atoms with Crippen LogP contribution in [0.5, 0.6) is 0 Å². The van der Waals surface area contributed by atoms with Crippen LogP contribution in [0.25, 0.3) is 22.3 Å². The second-order valence-electron chi connectivity index (χ2n) is 5.89. The molecule has 2 aromatic carbocycles. The van der Waals surface area contributed by atoms with E-state index in [1.807, 2.05) is 24.3 Å². The van der Waals surface area contributed by atoms with Crippen LogP contribution in [0.2, 0.25) is 0 Å². The number of benzene rings is 2. The van der Waals surface area contributed by atoms with Crippen molar-refractivity contribution in [2.45, 2.75) is 0 Å². The highest BCUT2D eigenvalue weighted by Gasteiger charge is 2.14. The lowest BCUT2D eigenvalue weighted by atomic mass is 10.1. The number of ether oxygens (including phenoxy) is 1. The molecule has 3 aromatic rings. The topological polar surface area (TPSA) is 75.5 Å². The second kappa shape index (κ2) is 6.49. The van der Waals surface area contributed by atoms with Crippen LogP contribution in [0.4, 0.5) is 5.69 Å². The number of carbonyl (C=O) groups is 1. The van der Waals surface area contributed by atoms with Crippen LogP contribution >= 0.6 is 0 Å². The lowest BCUT2D eigenvalue weighted by molar-refractivity contribution is 0.0699. The quantitative estimate of drug-likeness (QED) is 0.793. The van der Waals surface area contributed by atoms with Crippen LogP contribution in [0, 0.1) is 0 Å². The van der Waals surface area contributed by atoms with E-state index in [1.54, 1.807) is 18.3 Å². The predicted molar refractivity (Wildman–Crippen MR) is 95.0 cm³/mol. The predicted octanol–water partition coefficient (Wildman–Crippen LogP) is 2.83. The van der Waals surface area contributed by atoms with Crippen LogP contribution in [0.1, 0.15) is 10.4 Å². The van der Waals surface area contributed by atoms with E-state index >= 15 is 0 Å². The number of aromatic carboxylic acids is 1. The van der Waals surface area contributed by atoms with Crippen molar-refractivity contribution in [1.29, 1.82) is 0 Å². The van der Waals surface area contributed by atoms with Gasteiger partial charge in [0.25, 0.3) is 0 Å². The molecule has 0 amide bonds. The molecule has 1 N–H and O–H groups in total. The summed E-state index contributed by atoms with van der Waals surface area (Å²) in [7, 11) is 0. The van der Waals surface area contributed by atoms with Gasteiger partial charge in [0.1, 0.15) is 0 Å². The first-order valence-electron chi connectivity index (χ1n) is 8.14. The first-order chi connectivity index (χ1) is 12.2. The van der Waals surface area contributed by atoms with Crippen LogP contribution in [-0.4, -0.2) is 47.3 Å². The highest BCUT2D eigenvalue weighted by molar-refractivity contribution is 6.01. The van der Waals surface area contributed by atoms with E-state index in [-0.39, 0.29) is 5.56 Å². The van der Waals surface area contributed by atoms with Gasteiger partial charge >= 0.3 is 5.97 Å². The summed E-state index contributed by atoms with van der Waals surface area (Å²) in [6, 6.07) is 13.1. The Morgan fingerprint density at radius 2 is 1.92 bits per heavy atom. The fraction of sp³-hybridized carbons (Fsp3) is 0.211. The molecule has 1 aliphatic rings. The molecule has 0 saturated carbocycles. The maximum atomic E-state index is 11.4. The Morgan fingerprint density at radius 1 is 1.12 bits per heavy atom. The van der Waals surface area contributed by atoms with E-state index in [2.05, 4.69) is 20.9 Å². The van der Waals surface area contributed by atoms with Gasteiger partial charge in [-0.25, -0.2) is 14.8 Å². The summed E-state index contributed by atoms with van der Waals surface area (Å²) in [5.41, 5.74) is 2.60. The van der Waals surface area contributed by atoms with Crippen molar-refractivity contribution >= 4 is 22.6 Å². The number of fused-ring (bicyclic) bond motifs is 1. The summed E-state index contributed by atoms with van der Waals surface area (Å²) in [5.74, 6) is -0.464. The third-order valence-electron chi connectivity index (χ3n) is 4.32. The Hall–Kier alpha value is -2.99. The fourth-order valence-electron chi connectivity index (χ4n) is 3.03. The standard InChI is InChI=1S/C19H17N3O3/c23-19(24)16-6-2-4-14-12-20-18(21-17(14)16)13-3-1-5-15(11-13)22-7-9-25-10-8-22/h1-6,11-12H,7-10H2,(H,23,24). The third-order valence-corrected chi connectivity index (χ3v) is 4.32. The number of morpholine rings is 1. The minimum absolute atomic E-state index is 0.186. The van der Waals surface area contributed by atoms with E-state index < -0.39 is 5.97 Å². The summed E-state index contributed by atoms with van der Waals surface area (Å²) in [6.45, 7) is 3.15. The Balaban J connectivity index is 1.76. The molecule has 1 aliphatic heterocycles. The van der Waals surface area contributed by atoms with Gasteiger partial charge in [0.15, 0.2) is 5.82 Å². The van der Waals surface area contributed by atoms with Gasteiger partial charge in [0, 0.05) is 35.9 Å². The van der Waals surface area contributed by atoms with E-state index in [0.29, 0.717) is 16.7 Å². The Labute approximate surface area is 144 Å². The Kier molecular flexibility index (Phi) is 4.03. The summed E-state index contributed by atoms with van der Waals surface area (Å²) in [4.78, 5) is 22.6. The SMILES string of the molecule is O=C(O)c1cccc2cnc(-c3cccc(N4CCOCC4)c3)nc12. The Bertz CT molecular complexity index is 936. The number of hydrogen-bond donors (Lipinski definition) is 1. The molecule has 1 fully saturated rings. The van der Waals surface area contributed by atoms with Crippen molar-refractivity contribution in [1.82, 2.24) is 9.97 Å². The van der Waals surface area contributed by atoms with Gasteiger partial charge in [0.05, 0.1) is 24.3 Å². The number of aromatic nitrogens is 2. The number of hydrogen-bond acceptors (Lipinski definition) is 5. The monoisotopic (exact) mass is 335 g/mol. The van der Waals surface area contributed by atoms with E-state index in [1.165, 1.54) is 0 Å². The average Bonchev–Trinajstić information content (AvgIpc) is 2.68. The van der Waals surface area contributed by atoms with E-state index in [0.717, 1.165) is 37.6 Å². The minimum Gasteiger partial charge on any atom is -0.478 e. The second-order valence-corrected chi connectivity index (χ2v) is 5.89. The summed E-state index contributed by atoms with van der Waals surface area (Å²) in [5, 5.41) is 10.1. The molecule has 4 rings (SSSR count). The molecule has 0 radical (unpaired) electrons. The molecule has 6 heteroatoms. The highest BCUT2D eigenvalue weighted by atomic mass is 16.5. The number of nitrogens with zero attached hydrogens (tertiary/aromatic N) is 3. The fourth-order valence-corrected chi connectivity index (χ4v) is 3.03.